The fraction of sp³-hybridized carbons (Fsp3) is 1.00. The van der Waals surface area contributed by atoms with Gasteiger partial charge >= 0.3 is 0 Å². The monoisotopic (exact) mass is 242 g/mol. The second-order valence-corrected chi connectivity index (χ2v) is 6.76. The van der Waals surface area contributed by atoms with Gasteiger partial charge in [-0.1, -0.05) is 20.8 Å². The van der Waals surface area contributed by atoms with Gasteiger partial charge in [0.25, 0.3) is 0 Å². The zero-order chi connectivity index (χ0) is 13.1. The van der Waals surface area contributed by atoms with Crippen LogP contribution in [0.5, 0.6) is 0 Å². The summed E-state index contributed by atoms with van der Waals surface area (Å²) in [5, 5.41) is 0. The lowest BCUT2D eigenvalue weighted by Gasteiger charge is -2.38. The minimum Gasteiger partial charge on any atom is -0.374 e. The SMILES string of the molecule is CC(C)N1CCOC(C(N)CCC(C)(C)C)C1. The third-order valence-electron chi connectivity index (χ3n) is 3.56. The molecule has 0 aromatic carbocycles. The zero-order valence-corrected chi connectivity index (χ0v) is 12.2. The van der Waals surface area contributed by atoms with Crippen molar-refractivity contribution in [3.05, 3.63) is 0 Å². The fourth-order valence-corrected chi connectivity index (χ4v) is 2.21. The largest absolute Gasteiger partial charge is 0.374 e. The molecule has 3 nitrogen and oxygen atoms in total. The summed E-state index contributed by atoms with van der Waals surface area (Å²) in [5.74, 6) is 0. The van der Waals surface area contributed by atoms with E-state index in [-0.39, 0.29) is 12.1 Å². The van der Waals surface area contributed by atoms with E-state index in [9.17, 15) is 0 Å². The summed E-state index contributed by atoms with van der Waals surface area (Å²) in [6.45, 7) is 14.1. The Morgan fingerprint density at radius 1 is 1.35 bits per heavy atom. The minimum absolute atomic E-state index is 0.177. The van der Waals surface area contributed by atoms with Gasteiger partial charge in [0.15, 0.2) is 0 Å². The Labute approximate surface area is 107 Å². The molecule has 17 heavy (non-hydrogen) atoms. The average Bonchev–Trinajstić information content (AvgIpc) is 2.25. The molecule has 2 N–H and O–H groups in total. The zero-order valence-electron chi connectivity index (χ0n) is 12.2. The van der Waals surface area contributed by atoms with Crippen molar-refractivity contribution in [3.63, 3.8) is 0 Å². The lowest BCUT2D eigenvalue weighted by molar-refractivity contribution is -0.0517. The molecule has 2 atom stereocenters. The Hall–Kier alpha value is -0.120. The van der Waals surface area contributed by atoms with E-state index in [0.29, 0.717) is 11.5 Å². The first-order valence-electron chi connectivity index (χ1n) is 6.91. The maximum absolute atomic E-state index is 6.27. The van der Waals surface area contributed by atoms with Crippen LogP contribution in [0, 0.1) is 5.41 Å². The van der Waals surface area contributed by atoms with Gasteiger partial charge in [0.05, 0.1) is 12.7 Å². The number of nitrogens with two attached hydrogens (primary N) is 1. The molecular weight excluding hydrogens is 212 g/mol. The van der Waals surface area contributed by atoms with E-state index in [1.807, 2.05) is 0 Å². The standard InChI is InChI=1S/C14H30N2O/c1-11(2)16-8-9-17-13(10-16)12(15)6-7-14(3,4)5/h11-13H,6-10,15H2,1-5H3. The average molecular weight is 242 g/mol. The summed E-state index contributed by atoms with van der Waals surface area (Å²) in [7, 11) is 0. The van der Waals surface area contributed by atoms with Gasteiger partial charge in [0.2, 0.25) is 0 Å². The highest BCUT2D eigenvalue weighted by atomic mass is 16.5. The molecule has 0 amide bonds. The van der Waals surface area contributed by atoms with E-state index in [1.54, 1.807) is 0 Å². The van der Waals surface area contributed by atoms with E-state index in [4.69, 9.17) is 10.5 Å². The van der Waals surface area contributed by atoms with Gasteiger partial charge in [-0.15, -0.1) is 0 Å². The fourth-order valence-electron chi connectivity index (χ4n) is 2.21. The molecule has 0 radical (unpaired) electrons. The molecule has 3 heteroatoms. The van der Waals surface area contributed by atoms with Crippen LogP contribution >= 0.6 is 0 Å². The van der Waals surface area contributed by atoms with Gasteiger partial charge in [-0.25, -0.2) is 0 Å². The van der Waals surface area contributed by atoms with Gasteiger partial charge in [-0.3, -0.25) is 4.90 Å². The van der Waals surface area contributed by atoms with E-state index in [2.05, 4.69) is 39.5 Å². The number of morpholine rings is 1. The summed E-state index contributed by atoms with van der Waals surface area (Å²) in [4.78, 5) is 2.46. The summed E-state index contributed by atoms with van der Waals surface area (Å²) >= 11 is 0. The Balaban J connectivity index is 2.38. The number of hydrogen-bond acceptors (Lipinski definition) is 3. The van der Waals surface area contributed by atoms with Crippen LogP contribution in [0.4, 0.5) is 0 Å². The Morgan fingerprint density at radius 2 is 2.00 bits per heavy atom. The smallest absolute Gasteiger partial charge is 0.0853 e. The van der Waals surface area contributed by atoms with Crippen LogP contribution in [0.3, 0.4) is 0 Å². The van der Waals surface area contributed by atoms with E-state index < -0.39 is 0 Å². The maximum atomic E-state index is 6.27. The molecule has 0 aliphatic carbocycles. The molecule has 0 saturated carbocycles. The Morgan fingerprint density at radius 3 is 2.53 bits per heavy atom. The molecule has 102 valence electrons. The predicted octanol–water partition coefficient (Wildman–Crippen LogP) is 2.25. The third-order valence-corrected chi connectivity index (χ3v) is 3.56. The van der Waals surface area contributed by atoms with Gasteiger partial charge in [-0.2, -0.15) is 0 Å². The van der Waals surface area contributed by atoms with Crippen molar-refractivity contribution < 1.29 is 4.74 Å². The number of ether oxygens (including phenoxy) is 1. The molecule has 1 heterocycles. The summed E-state index contributed by atoms with van der Waals surface area (Å²) in [6, 6.07) is 0.770. The van der Waals surface area contributed by atoms with Gasteiger partial charge in [-0.05, 0) is 32.1 Å². The highest BCUT2D eigenvalue weighted by Crippen LogP contribution is 2.23. The number of nitrogens with zero attached hydrogens (tertiary/aromatic N) is 1. The van der Waals surface area contributed by atoms with Crippen LogP contribution < -0.4 is 5.73 Å². The predicted molar refractivity (Wildman–Crippen MR) is 73.1 cm³/mol. The summed E-state index contributed by atoms with van der Waals surface area (Å²) < 4.78 is 5.82. The van der Waals surface area contributed by atoms with E-state index in [0.717, 1.165) is 32.5 Å². The van der Waals surface area contributed by atoms with Crippen LogP contribution in [-0.4, -0.2) is 42.8 Å². The molecular formula is C14H30N2O. The van der Waals surface area contributed by atoms with Gasteiger partial charge in [0, 0.05) is 25.2 Å². The first kappa shape index (κ1) is 14.9. The van der Waals surface area contributed by atoms with Crippen LogP contribution in [0.25, 0.3) is 0 Å². The molecule has 0 aromatic heterocycles. The highest BCUT2D eigenvalue weighted by Gasteiger charge is 2.27. The van der Waals surface area contributed by atoms with Gasteiger partial charge in [0.1, 0.15) is 0 Å². The van der Waals surface area contributed by atoms with Crippen molar-refractivity contribution in [2.75, 3.05) is 19.7 Å². The molecule has 2 unspecified atom stereocenters. The first-order chi connectivity index (χ1) is 7.79. The molecule has 0 aromatic rings. The highest BCUT2D eigenvalue weighted by molar-refractivity contribution is 4.83. The normalized spacial score (nSPS) is 25.2. The first-order valence-corrected chi connectivity index (χ1v) is 6.91. The quantitative estimate of drug-likeness (QED) is 0.822. The van der Waals surface area contributed by atoms with Crippen molar-refractivity contribution >= 4 is 0 Å². The topological polar surface area (TPSA) is 38.5 Å². The van der Waals surface area contributed by atoms with E-state index in [1.165, 1.54) is 0 Å². The Bertz CT molecular complexity index is 223. The molecule has 1 saturated heterocycles. The second-order valence-electron chi connectivity index (χ2n) is 6.76. The molecule has 1 aliphatic heterocycles. The molecule has 1 fully saturated rings. The van der Waals surface area contributed by atoms with Crippen LogP contribution in [0.2, 0.25) is 0 Å². The second kappa shape index (κ2) is 6.17. The number of rotatable bonds is 4. The van der Waals surface area contributed by atoms with Crippen LogP contribution in [0.15, 0.2) is 0 Å². The molecule has 1 aliphatic rings. The molecule has 0 spiro atoms. The summed E-state index contributed by atoms with van der Waals surface area (Å²) in [6.07, 6.45) is 2.43. The maximum Gasteiger partial charge on any atom is 0.0853 e. The third kappa shape index (κ3) is 5.36. The van der Waals surface area contributed by atoms with Crippen molar-refractivity contribution in [2.24, 2.45) is 11.1 Å². The summed E-state index contributed by atoms with van der Waals surface area (Å²) in [5.41, 5.74) is 6.63. The lowest BCUT2D eigenvalue weighted by Crippen LogP contribution is -2.52. The van der Waals surface area contributed by atoms with Crippen molar-refractivity contribution in [1.29, 1.82) is 0 Å². The van der Waals surface area contributed by atoms with E-state index >= 15 is 0 Å². The minimum atomic E-state index is 0.177. The van der Waals surface area contributed by atoms with Crippen LogP contribution in [-0.2, 0) is 4.74 Å². The molecule has 1 rings (SSSR count). The Kier molecular flexibility index (Phi) is 5.42. The molecule has 0 bridgehead atoms. The van der Waals surface area contributed by atoms with Gasteiger partial charge < -0.3 is 10.5 Å². The van der Waals surface area contributed by atoms with Crippen LogP contribution in [0.1, 0.15) is 47.5 Å². The van der Waals surface area contributed by atoms with Crippen molar-refractivity contribution in [2.45, 2.75) is 65.6 Å². The lowest BCUT2D eigenvalue weighted by atomic mass is 9.87. The van der Waals surface area contributed by atoms with Crippen molar-refractivity contribution in [3.8, 4) is 0 Å². The number of hydrogen-bond donors (Lipinski definition) is 1. The van der Waals surface area contributed by atoms with Crippen molar-refractivity contribution in [1.82, 2.24) is 4.90 Å².